The molecule has 180 valence electrons. The second-order valence-corrected chi connectivity index (χ2v) is 8.35. The lowest BCUT2D eigenvalue weighted by atomic mass is 10.3. The van der Waals surface area contributed by atoms with E-state index in [1.165, 1.54) is 10.6 Å². The minimum Gasteiger partial charge on any atom is -0.326 e. The largest absolute Gasteiger partial charge is 0.349 e. The predicted octanol–water partition coefficient (Wildman–Crippen LogP) is 2.64. The van der Waals surface area contributed by atoms with Gasteiger partial charge in [-0.15, -0.1) is 0 Å². The number of hydrogen-bond acceptors (Lipinski definition) is 0. The number of aromatic nitrogens is 4. The maximum Gasteiger partial charge on any atom is 0.349 e. The average Bonchev–Trinajstić information content (AvgIpc) is 3.68. The van der Waals surface area contributed by atoms with Crippen LogP contribution >= 0.6 is 0 Å². The van der Waals surface area contributed by atoms with E-state index in [4.69, 9.17) is 0 Å². The Balaban J connectivity index is 0.000000127. The topological polar surface area (TPSA) is 25.1 Å². The molecule has 0 spiro atoms. The first kappa shape index (κ1) is 24.6. The van der Waals surface area contributed by atoms with Gasteiger partial charge in [0, 0.05) is 12.4 Å². The Kier molecular flexibility index (Phi) is 8.35. The highest BCUT2D eigenvalue weighted by atomic mass is 15.2. The number of aryl methyl sites for hydroxylation is 2. The van der Waals surface area contributed by atoms with Gasteiger partial charge in [0.05, 0.1) is 26.8 Å². The van der Waals surface area contributed by atoms with Gasteiger partial charge >= 0.3 is 6.34 Å². The van der Waals surface area contributed by atoms with E-state index in [2.05, 4.69) is 53.6 Å². The summed E-state index contributed by atoms with van der Waals surface area (Å²) in [5.74, 6) is 0. The number of rotatable bonds is 3. The number of para-hydroxylation sites is 3. The van der Waals surface area contributed by atoms with Gasteiger partial charge in [-0.3, -0.25) is 9.48 Å². The lowest BCUT2D eigenvalue weighted by Gasteiger charge is -1.99. The van der Waals surface area contributed by atoms with Crippen molar-refractivity contribution in [2.45, 2.75) is 0 Å². The molecule has 0 bridgehead atoms. The van der Waals surface area contributed by atoms with E-state index in [-0.39, 0.29) is 0 Å². The van der Waals surface area contributed by atoms with Gasteiger partial charge in [0.15, 0.2) is 0 Å². The molecule has 1 unspecified atom stereocenters. The van der Waals surface area contributed by atoms with Crippen LogP contribution in [0, 0.1) is 6.33 Å². The molecule has 0 saturated carbocycles. The fraction of sp³-hybridized carbons (Fsp3) is 0.100. The quantitative estimate of drug-likeness (QED) is 0.306. The van der Waals surface area contributed by atoms with Crippen molar-refractivity contribution in [1.29, 1.82) is 0 Å². The average molecular weight is 477 g/mol. The van der Waals surface area contributed by atoms with E-state index in [1.54, 1.807) is 0 Å². The van der Waals surface area contributed by atoms with Gasteiger partial charge < -0.3 is 9.13 Å². The molecule has 2 aromatic heterocycles. The molecule has 36 heavy (non-hydrogen) atoms. The molecule has 1 aliphatic rings. The Morgan fingerprint density at radius 2 is 1.36 bits per heavy atom. The van der Waals surface area contributed by atoms with Crippen LogP contribution in [0.2, 0.25) is 0 Å². The van der Waals surface area contributed by atoms with Gasteiger partial charge in [0.1, 0.15) is 36.2 Å². The van der Waals surface area contributed by atoms with Crippen LogP contribution < -0.4 is 14.0 Å². The van der Waals surface area contributed by atoms with Crippen molar-refractivity contribution < 1.29 is 18.6 Å². The molecule has 1 N–H and O–H groups in total. The Bertz CT molecular complexity index is 1320. The SMILES string of the molecule is C[NH+]1[C-]=[N+](c2ccccc2)C=C1.C[n+]1ccn(-c2ccccc2)c1.Cn1[c-][n+](-c2ccccc2)cc1. The molecule has 3 aromatic carbocycles. The molecule has 6 rings (SSSR count). The highest BCUT2D eigenvalue weighted by molar-refractivity contribution is 5.44. The third-order valence-electron chi connectivity index (χ3n) is 5.37. The summed E-state index contributed by atoms with van der Waals surface area (Å²) in [6.45, 7) is 0. The fourth-order valence-corrected chi connectivity index (χ4v) is 3.53. The number of hydrogen-bond donors (Lipinski definition) is 1. The van der Waals surface area contributed by atoms with Crippen LogP contribution in [-0.2, 0) is 14.1 Å². The van der Waals surface area contributed by atoms with E-state index in [0.717, 1.165) is 11.4 Å². The number of quaternary nitrogens is 1. The van der Waals surface area contributed by atoms with E-state index in [0.29, 0.717) is 0 Å². The molecule has 0 saturated heterocycles. The van der Waals surface area contributed by atoms with E-state index < -0.39 is 0 Å². The van der Waals surface area contributed by atoms with Gasteiger partial charge in [0.2, 0.25) is 12.7 Å². The van der Waals surface area contributed by atoms with E-state index >= 15 is 0 Å². The Morgan fingerprint density at radius 3 is 1.86 bits per heavy atom. The van der Waals surface area contributed by atoms with Crippen LogP contribution in [-0.4, -0.2) is 27.1 Å². The summed E-state index contributed by atoms with van der Waals surface area (Å²) in [6.07, 6.45) is 20.4. The van der Waals surface area contributed by atoms with Gasteiger partial charge in [-0.05, 0) is 24.3 Å². The van der Waals surface area contributed by atoms with Crippen molar-refractivity contribution in [3.8, 4) is 11.4 Å². The van der Waals surface area contributed by atoms with Crippen molar-refractivity contribution in [2.75, 3.05) is 7.05 Å². The zero-order chi connectivity index (χ0) is 25.2. The van der Waals surface area contributed by atoms with Crippen LogP contribution in [0.25, 0.3) is 11.4 Å². The number of nitrogens with zero attached hydrogens (tertiary/aromatic N) is 5. The Hall–Kier alpha value is -4.55. The summed E-state index contributed by atoms with van der Waals surface area (Å²) in [7, 11) is 6.01. The summed E-state index contributed by atoms with van der Waals surface area (Å²) >= 11 is 0. The first-order chi connectivity index (χ1) is 17.6. The summed E-state index contributed by atoms with van der Waals surface area (Å²) < 4.78 is 9.95. The van der Waals surface area contributed by atoms with Crippen molar-refractivity contribution in [2.24, 2.45) is 14.1 Å². The zero-order valence-electron chi connectivity index (χ0n) is 20.9. The van der Waals surface area contributed by atoms with Gasteiger partial charge in [0.25, 0.3) is 0 Å². The van der Waals surface area contributed by atoms with Gasteiger partial charge in [-0.1, -0.05) is 66.7 Å². The van der Waals surface area contributed by atoms with Crippen LogP contribution in [0.1, 0.15) is 0 Å². The normalized spacial score (nSPS) is 13.8. The van der Waals surface area contributed by atoms with Crippen LogP contribution in [0.3, 0.4) is 0 Å². The maximum atomic E-state index is 3.21. The fourth-order valence-electron chi connectivity index (χ4n) is 3.53. The molecule has 6 nitrogen and oxygen atoms in total. The molecule has 5 aromatic rings. The molecule has 0 radical (unpaired) electrons. The van der Waals surface area contributed by atoms with Crippen molar-refractivity contribution in [1.82, 2.24) is 9.13 Å². The summed E-state index contributed by atoms with van der Waals surface area (Å²) in [5, 5.41) is 0. The summed E-state index contributed by atoms with van der Waals surface area (Å²) in [5.41, 5.74) is 3.49. The molecule has 0 amide bonds. The molecular formula is C30H32N6+2. The molecule has 1 aliphatic heterocycles. The van der Waals surface area contributed by atoms with Crippen molar-refractivity contribution in [3.63, 3.8) is 0 Å². The standard InChI is InChI=1S/2C10H11N2.C10H10N2/c3*1-11-7-8-12(9-11)10-5-3-2-4-6-10/h2-8,11H,1H3;2-9H,1H3;2-8H,1H3/q2*+1;. The number of nitrogens with one attached hydrogen (secondary N) is 1. The summed E-state index contributed by atoms with van der Waals surface area (Å²) in [4.78, 5) is 1.17. The van der Waals surface area contributed by atoms with Crippen molar-refractivity contribution >= 4 is 12.0 Å². The second-order valence-electron chi connectivity index (χ2n) is 8.35. The molecule has 3 heterocycles. The first-order valence-corrected chi connectivity index (χ1v) is 11.8. The molecular weight excluding hydrogens is 444 g/mol. The Morgan fingerprint density at radius 1 is 0.750 bits per heavy atom. The van der Waals surface area contributed by atoms with Crippen LogP contribution in [0.4, 0.5) is 5.69 Å². The molecule has 0 aliphatic carbocycles. The third-order valence-corrected chi connectivity index (χ3v) is 5.37. The molecule has 0 fully saturated rings. The monoisotopic (exact) mass is 476 g/mol. The maximum absolute atomic E-state index is 3.21. The first-order valence-electron chi connectivity index (χ1n) is 11.8. The predicted molar refractivity (Wildman–Crippen MR) is 140 cm³/mol. The van der Waals surface area contributed by atoms with Gasteiger partial charge in [-0.2, -0.15) is 0 Å². The third kappa shape index (κ3) is 6.98. The highest BCUT2D eigenvalue weighted by Gasteiger charge is 2.07. The summed E-state index contributed by atoms with van der Waals surface area (Å²) in [6, 6.07) is 30.6. The number of benzene rings is 3. The molecule has 6 heteroatoms. The van der Waals surface area contributed by atoms with Crippen LogP contribution in [0.5, 0.6) is 0 Å². The molecule has 1 atom stereocenters. The minimum absolute atomic E-state index is 1.14. The highest BCUT2D eigenvalue weighted by Crippen LogP contribution is 2.09. The number of imidazole rings is 2. The van der Waals surface area contributed by atoms with Gasteiger partial charge in [-0.25, -0.2) is 9.13 Å². The van der Waals surface area contributed by atoms with Crippen molar-refractivity contribution in [3.05, 3.63) is 141 Å². The lowest BCUT2D eigenvalue weighted by Crippen LogP contribution is -3.02. The van der Waals surface area contributed by atoms with E-state index in [1.807, 2.05) is 138 Å². The second kappa shape index (κ2) is 12.2. The van der Waals surface area contributed by atoms with E-state index in [9.17, 15) is 0 Å². The van der Waals surface area contributed by atoms with Crippen LogP contribution in [0.15, 0.2) is 135 Å². The zero-order valence-corrected chi connectivity index (χ0v) is 20.9. The lowest BCUT2D eigenvalue weighted by molar-refractivity contribution is -0.721. The minimum atomic E-state index is 1.14. The smallest absolute Gasteiger partial charge is 0.326 e. The Labute approximate surface area is 213 Å².